The van der Waals surface area contributed by atoms with Crippen molar-refractivity contribution < 1.29 is 14.1 Å². The molecule has 1 aliphatic rings. The van der Waals surface area contributed by atoms with Crippen molar-refractivity contribution in [2.45, 2.75) is 33.4 Å². The molecule has 3 rings (SSSR count). The average molecular weight is 378 g/mol. The molecule has 0 aliphatic carbocycles. The lowest BCUT2D eigenvalue weighted by Crippen LogP contribution is -2.52. The van der Waals surface area contributed by atoms with Crippen LogP contribution in [0.2, 0.25) is 5.02 Å². The molecule has 6 nitrogen and oxygen atoms in total. The van der Waals surface area contributed by atoms with Gasteiger partial charge in [0.15, 0.2) is 11.5 Å². The topological polar surface area (TPSA) is 58.8 Å². The molecule has 0 spiro atoms. The standard InChI is InChI=1S/C19H24ClN3O3/c1-12-7-15(8-13(2)18(12)20)25-11-16-9-17(21-26-16)19(24)23-6-5-22(4)14(3)10-23/h7-9,14H,5-6,10-11H2,1-4H3/t14-/m1/s1. The van der Waals surface area contributed by atoms with E-state index in [1.807, 2.05) is 30.9 Å². The summed E-state index contributed by atoms with van der Waals surface area (Å²) >= 11 is 6.17. The molecule has 0 radical (unpaired) electrons. The highest BCUT2D eigenvalue weighted by molar-refractivity contribution is 6.32. The van der Waals surface area contributed by atoms with E-state index in [-0.39, 0.29) is 12.5 Å². The van der Waals surface area contributed by atoms with Crippen LogP contribution in [-0.4, -0.2) is 53.6 Å². The molecule has 26 heavy (non-hydrogen) atoms. The molecule has 1 aliphatic heterocycles. The second-order valence-electron chi connectivity index (χ2n) is 6.92. The number of aryl methyl sites for hydroxylation is 2. The molecule has 0 N–H and O–H groups in total. The molecule has 1 aromatic carbocycles. The number of rotatable bonds is 4. The molecule has 0 unspecified atom stereocenters. The number of likely N-dealkylation sites (N-methyl/N-ethyl adjacent to an activating group) is 1. The zero-order chi connectivity index (χ0) is 18.8. The molecule has 2 aromatic rings. The number of hydrogen-bond acceptors (Lipinski definition) is 5. The van der Waals surface area contributed by atoms with Gasteiger partial charge >= 0.3 is 0 Å². The molecule has 1 saturated heterocycles. The average Bonchev–Trinajstić information content (AvgIpc) is 3.08. The molecule has 0 bridgehead atoms. The number of carbonyl (C=O) groups is 1. The Bertz CT molecular complexity index is 782. The number of nitrogens with zero attached hydrogens (tertiary/aromatic N) is 3. The Kier molecular flexibility index (Phi) is 5.53. The zero-order valence-corrected chi connectivity index (χ0v) is 16.3. The Balaban J connectivity index is 1.62. The van der Waals surface area contributed by atoms with Gasteiger partial charge in [0, 0.05) is 36.8 Å². The van der Waals surface area contributed by atoms with Crippen LogP contribution in [0.4, 0.5) is 0 Å². The largest absolute Gasteiger partial charge is 0.486 e. The SMILES string of the molecule is Cc1cc(OCc2cc(C(=O)N3CCN(C)[C@H](C)C3)no2)cc(C)c1Cl. The van der Waals surface area contributed by atoms with Crippen molar-refractivity contribution in [3.8, 4) is 5.75 Å². The fraction of sp³-hybridized carbons (Fsp3) is 0.474. The van der Waals surface area contributed by atoms with Gasteiger partial charge in [0.1, 0.15) is 12.4 Å². The first-order valence-electron chi connectivity index (χ1n) is 8.70. The third-order valence-corrected chi connectivity index (χ3v) is 5.41. The summed E-state index contributed by atoms with van der Waals surface area (Å²) in [5.74, 6) is 1.13. The molecule has 7 heteroatoms. The summed E-state index contributed by atoms with van der Waals surface area (Å²) in [6.07, 6.45) is 0. The highest BCUT2D eigenvalue weighted by atomic mass is 35.5. The lowest BCUT2D eigenvalue weighted by atomic mass is 10.1. The number of benzene rings is 1. The van der Waals surface area contributed by atoms with E-state index in [0.29, 0.717) is 36.3 Å². The maximum absolute atomic E-state index is 12.6. The fourth-order valence-electron chi connectivity index (χ4n) is 3.02. The first-order chi connectivity index (χ1) is 12.3. The van der Waals surface area contributed by atoms with Crippen LogP contribution in [0.25, 0.3) is 0 Å². The third kappa shape index (κ3) is 4.02. The number of piperazine rings is 1. The van der Waals surface area contributed by atoms with Gasteiger partial charge < -0.3 is 19.1 Å². The van der Waals surface area contributed by atoms with Gasteiger partial charge in [-0.05, 0) is 51.1 Å². The zero-order valence-electron chi connectivity index (χ0n) is 15.6. The van der Waals surface area contributed by atoms with Crippen molar-refractivity contribution in [3.05, 3.63) is 45.8 Å². The van der Waals surface area contributed by atoms with Crippen LogP contribution in [0.5, 0.6) is 5.75 Å². The molecule has 140 valence electrons. The minimum atomic E-state index is -0.0990. The molecular formula is C19H24ClN3O3. The number of hydrogen-bond donors (Lipinski definition) is 0. The molecular weight excluding hydrogens is 354 g/mol. The monoisotopic (exact) mass is 377 g/mol. The smallest absolute Gasteiger partial charge is 0.276 e. The van der Waals surface area contributed by atoms with Gasteiger partial charge in [-0.15, -0.1) is 0 Å². The summed E-state index contributed by atoms with van der Waals surface area (Å²) in [6.45, 7) is 8.43. The minimum Gasteiger partial charge on any atom is -0.486 e. The van der Waals surface area contributed by atoms with E-state index in [1.165, 1.54) is 0 Å². The summed E-state index contributed by atoms with van der Waals surface area (Å²) in [6, 6.07) is 5.74. The Morgan fingerprint density at radius 3 is 2.65 bits per heavy atom. The molecule has 1 atom stereocenters. The van der Waals surface area contributed by atoms with Gasteiger partial charge in [-0.3, -0.25) is 4.79 Å². The summed E-state index contributed by atoms with van der Waals surface area (Å²) < 4.78 is 11.0. The predicted octanol–water partition coefficient (Wildman–Crippen LogP) is 3.30. The van der Waals surface area contributed by atoms with Gasteiger partial charge in [0.2, 0.25) is 0 Å². The maximum atomic E-state index is 12.6. The normalized spacial score (nSPS) is 18.2. The van der Waals surface area contributed by atoms with E-state index in [0.717, 1.165) is 22.7 Å². The first-order valence-corrected chi connectivity index (χ1v) is 9.07. The lowest BCUT2D eigenvalue weighted by Gasteiger charge is -2.37. The number of halogens is 1. The van der Waals surface area contributed by atoms with Gasteiger partial charge in [0.25, 0.3) is 5.91 Å². The van der Waals surface area contributed by atoms with Crippen LogP contribution in [0.1, 0.15) is 34.3 Å². The van der Waals surface area contributed by atoms with E-state index in [2.05, 4.69) is 24.0 Å². The summed E-state index contributed by atoms with van der Waals surface area (Å²) in [5.41, 5.74) is 2.24. The second-order valence-corrected chi connectivity index (χ2v) is 7.30. The Morgan fingerprint density at radius 1 is 1.31 bits per heavy atom. The molecule has 0 saturated carbocycles. The van der Waals surface area contributed by atoms with Crippen molar-refractivity contribution in [2.24, 2.45) is 0 Å². The van der Waals surface area contributed by atoms with Crippen molar-refractivity contribution in [2.75, 3.05) is 26.7 Å². The molecule has 2 heterocycles. The first kappa shape index (κ1) is 18.7. The van der Waals surface area contributed by atoms with Crippen LogP contribution >= 0.6 is 11.6 Å². The molecule has 1 aromatic heterocycles. The summed E-state index contributed by atoms with van der Waals surface area (Å²) in [5, 5.41) is 4.66. The lowest BCUT2D eigenvalue weighted by molar-refractivity contribution is 0.0562. The van der Waals surface area contributed by atoms with Crippen LogP contribution in [0.15, 0.2) is 22.7 Å². The van der Waals surface area contributed by atoms with Gasteiger partial charge in [-0.2, -0.15) is 0 Å². The van der Waals surface area contributed by atoms with Crippen molar-refractivity contribution in [1.82, 2.24) is 15.0 Å². The van der Waals surface area contributed by atoms with Gasteiger partial charge in [0.05, 0.1) is 0 Å². The van der Waals surface area contributed by atoms with E-state index < -0.39 is 0 Å². The van der Waals surface area contributed by atoms with Crippen LogP contribution in [-0.2, 0) is 6.61 Å². The minimum absolute atomic E-state index is 0.0990. The predicted molar refractivity (Wildman–Crippen MR) is 99.8 cm³/mol. The van der Waals surface area contributed by atoms with Crippen LogP contribution in [0.3, 0.4) is 0 Å². The van der Waals surface area contributed by atoms with E-state index in [1.54, 1.807) is 6.07 Å². The maximum Gasteiger partial charge on any atom is 0.276 e. The molecule has 1 fully saturated rings. The number of ether oxygens (including phenoxy) is 1. The highest BCUT2D eigenvalue weighted by Crippen LogP contribution is 2.26. The van der Waals surface area contributed by atoms with Gasteiger partial charge in [-0.1, -0.05) is 16.8 Å². The van der Waals surface area contributed by atoms with E-state index >= 15 is 0 Å². The third-order valence-electron chi connectivity index (χ3n) is 4.82. The number of aromatic nitrogens is 1. The Labute approximate surface area is 158 Å². The van der Waals surface area contributed by atoms with E-state index in [9.17, 15) is 4.79 Å². The van der Waals surface area contributed by atoms with Crippen molar-refractivity contribution in [3.63, 3.8) is 0 Å². The van der Waals surface area contributed by atoms with Crippen LogP contribution < -0.4 is 4.74 Å². The Hall–Kier alpha value is -2.05. The summed E-state index contributed by atoms with van der Waals surface area (Å²) in [7, 11) is 2.07. The Morgan fingerprint density at radius 2 is 2.00 bits per heavy atom. The molecule has 1 amide bonds. The van der Waals surface area contributed by atoms with Crippen molar-refractivity contribution >= 4 is 17.5 Å². The number of amides is 1. The second kappa shape index (κ2) is 7.68. The van der Waals surface area contributed by atoms with E-state index in [4.69, 9.17) is 20.9 Å². The quantitative estimate of drug-likeness (QED) is 0.818. The van der Waals surface area contributed by atoms with Crippen molar-refractivity contribution in [1.29, 1.82) is 0 Å². The summed E-state index contributed by atoms with van der Waals surface area (Å²) in [4.78, 5) is 16.7. The van der Waals surface area contributed by atoms with Crippen LogP contribution in [0, 0.1) is 13.8 Å². The fourth-order valence-corrected chi connectivity index (χ4v) is 3.13. The highest BCUT2D eigenvalue weighted by Gasteiger charge is 2.27. The number of carbonyl (C=O) groups excluding carboxylic acids is 1. The van der Waals surface area contributed by atoms with Gasteiger partial charge in [-0.25, -0.2) is 0 Å².